The van der Waals surface area contributed by atoms with Gasteiger partial charge in [0.05, 0.1) is 0 Å². The van der Waals surface area contributed by atoms with E-state index in [9.17, 15) is 4.39 Å². The third kappa shape index (κ3) is 2.11. The highest BCUT2D eigenvalue weighted by Crippen LogP contribution is 2.08. The van der Waals surface area contributed by atoms with Crippen LogP contribution in [0.5, 0.6) is 0 Å². The van der Waals surface area contributed by atoms with Gasteiger partial charge in [-0.05, 0) is 5.30 Å². The van der Waals surface area contributed by atoms with Crippen molar-refractivity contribution in [1.29, 1.82) is 0 Å². The fourth-order valence-corrected chi connectivity index (χ4v) is 1.22. The first-order valence-corrected chi connectivity index (χ1v) is 3.99. The van der Waals surface area contributed by atoms with E-state index in [2.05, 4.69) is 0 Å². The lowest BCUT2D eigenvalue weighted by Gasteiger charge is -1.92. The van der Waals surface area contributed by atoms with Crippen molar-refractivity contribution in [1.82, 2.24) is 0 Å². The molecule has 0 saturated carbocycles. The monoisotopic (exact) mass is 142 g/mol. The minimum absolute atomic E-state index is 0.232. The summed E-state index contributed by atoms with van der Waals surface area (Å²) in [7, 11) is 0.320. The Bertz CT molecular complexity index is 162. The van der Waals surface area contributed by atoms with Crippen molar-refractivity contribution >= 4 is 13.9 Å². The maximum absolute atomic E-state index is 11.7. The fourth-order valence-electron chi connectivity index (χ4n) is 0.633. The van der Waals surface area contributed by atoms with Gasteiger partial charge in [-0.3, -0.25) is 0 Å². The van der Waals surface area contributed by atoms with Crippen molar-refractivity contribution in [3.8, 4) is 0 Å². The Morgan fingerprint density at radius 2 is 1.89 bits per heavy atom. The topological polar surface area (TPSA) is 0 Å². The standard InChI is InChI=1S/C7H8FP/c8-6-9-7-4-2-1-3-5-7/h1-5,9H,6H2. The van der Waals surface area contributed by atoms with Crippen LogP contribution >= 0.6 is 8.58 Å². The Balaban J connectivity index is 2.61. The fraction of sp³-hybridized carbons (Fsp3) is 0.143. The average Bonchev–Trinajstić information content (AvgIpc) is 1.91. The van der Waals surface area contributed by atoms with E-state index in [-0.39, 0.29) is 6.42 Å². The van der Waals surface area contributed by atoms with E-state index < -0.39 is 0 Å². The molecule has 0 aliphatic heterocycles. The van der Waals surface area contributed by atoms with E-state index in [1.165, 1.54) is 0 Å². The van der Waals surface area contributed by atoms with Gasteiger partial charge in [-0.25, -0.2) is 4.39 Å². The van der Waals surface area contributed by atoms with Crippen molar-refractivity contribution < 1.29 is 4.39 Å². The van der Waals surface area contributed by atoms with Crippen LogP contribution in [0.25, 0.3) is 0 Å². The summed E-state index contributed by atoms with van der Waals surface area (Å²) in [5.74, 6) is 0. The van der Waals surface area contributed by atoms with Crippen LogP contribution in [0, 0.1) is 0 Å². The third-order valence-electron chi connectivity index (χ3n) is 1.04. The van der Waals surface area contributed by atoms with Crippen LogP contribution in [0.3, 0.4) is 0 Å². The van der Waals surface area contributed by atoms with Crippen molar-refractivity contribution in [2.45, 2.75) is 0 Å². The molecule has 2 heteroatoms. The smallest absolute Gasteiger partial charge is 0.110 e. The Labute approximate surface area is 55.9 Å². The summed E-state index contributed by atoms with van der Waals surface area (Å²) >= 11 is 0. The van der Waals surface area contributed by atoms with E-state index in [0.717, 1.165) is 5.30 Å². The molecule has 0 aliphatic carbocycles. The van der Waals surface area contributed by atoms with Crippen LogP contribution in [-0.2, 0) is 0 Å². The maximum atomic E-state index is 11.7. The molecule has 1 aromatic rings. The molecule has 0 N–H and O–H groups in total. The van der Waals surface area contributed by atoms with Gasteiger partial charge in [0.25, 0.3) is 0 Å². The molecule has 0 amide bonds. The van der Waals surface area contributed by atoms with E-state index in [0.29, 0.717) is 8.58 Å². The predicted octanol–water partition coefficient (Wildman–Crippen LogP) is 1.92. The van der Waals surface area contributed by atoms with E-state index in [4.69, 9.17) is 0 Å². The van der Waals surface area contributed by atoms with Crippen molar-refractivity contribution in [3.05, 3.63) is 30.3 Å². The normalized spacial score (nSPS) is 10.8. The molecular formula is C7H8FP. The molecule has 1 unspecified atom stereocenters. The Kier molecular flexibility index (Phi) is 2.66. The van der Waals surface area contributed by atoms with Crippen LogP contribution < -0.4 is 5.30 Å². The molecule has 9 heavy (non-hydrogen) atoms. The summed E-state index contributed by atoms with van der Waals surface area (Å²) in [6.07, 6.45) is -0.232. The summed E-state index contributed by atoms with van der Waals surface area (Å²) in [6, 6.07) is 9.68. The Hall–Kier alpha value is -0.420. The molecule has 0 aromatic heterocycles. The number of hydrogen-bond donors (Lipinski definition) is 0. The van der Waals surface area contributed by atoms with Crippen molar-refractivity contribution in [2.75, 3.05) is 6.42 Å². The molecule has 1 aromatic carbocycles. The van der Waals surface area contributed by atoms with Crippen molar-refractivity contribution in [2.24, 2.45) is 0 Å². The van der Waals surface area contributed by atoms with E-state index >= 15 is 0 Å². The lowest BCUT2D eigenvalue weighted by Crippen LogP contribution is -1.90. The van der Waals surface area contributed by atoms with E-state index in [1.54, 1.807) is 0 Å². The molecule has 0 radical (unpaired) electrons. The second-order valence-corrected chi connectivity index (χ2v) is 2.87. The first-order chi connectivity index (χ1) is 4.43. The zero-order chi connectivity index (χ0) is 6.53. The molecule has 0 heterocycles. The highest BCUT2D eigenvalue weighted by atomic mass is 31.1. The van der Waals surface area contributed by atoms with Crippen LogP contribution in [-0.4, -0.2) is 6.42 Å². The van der Waals surface area contributed by atoms with Gasteiger partial charge in [0, 0.05) is 0 Å². The lowest BCUT2D eigenvalue weighted by atomic mass is 10.4. The summed E-state index contributed by atoms with van der Waals surface area (Å²) in [5, 5.41) is 1.10. The van der Waals surface area contributed by atoms with Gasteiger partial charge in [0.2, 0.25) is 0 Å². The van der Waals surface area contributed by atoms with Crippen molar-refractivity contribution in [3.63, 3.8) is 0 Å². The number of alkyl halides is 1. The van der Waals surface area contributed by atoms with Gasteiger partial charge in [-0.1, -0.05) is 38.9 Å². The number of benzene rings is 1. The molecule has 0 saturated heterocycles. The summed E-state index contributed by atoms with van der Waals surface area (Å²) in [6.45, 7) is 0. The minimum Gasteiger partial charge on any atom is -0.246 e. The quantitative estimate of drug-likeness (QED) is 0.553. The van der Waals surface area contributed by atoms with E-state index in [1.807, 2.05) is 30.3 Å². The zero-order valence-corrected chi connectivity index (χ0v) is 5.97. The molecule has 48 valence electrons. The van der Waals surface area contributed by atoms with Crippen LogP contribution in [0.1, 0.15) is 0 Å². The molecule has 1 atom stereocenters. The first kappa shape index (κ1) is 6.70. The van der Waals surface area contributed by atoms with Crippen LogP contribution in [0.4, 0.5) is 4.39 Å². The number of hydrogen-bond acceptors (Lipinski definition) is 0. The molecule has 0 aliphatic rings. The van der Waals surface area contributed by atoms with Gasteiger partial charge in [0.1, 0.15) is 6.42 Å². The van der Waals surface area contributed by atoms with Gasteiger partial charge in [-0.2, -0.15) is 0 Å². The lowest BCUT2D eigenvalue weighted by molar-refractivity contribution is 0.604. The largest absolute Gasteiger partial charge is 0.246 e. The Morgan fingerprint density at radius 3 is 2.44 bits per heavy atom. The van der Waals surface area contributed by atoms with Crippen LogP contribution in [0.15, 0.2) is 30.3 Å². The summed E-state index contributed by atoms with van der Waals surface area (Å²) in [4.78, 5) is 0. The van der Waals surface area contributed by atoms with Crippen LogP contribution in [0.2, 0.25) is 0 Å². The molecule has 0 nitrogen and oxygen atoms in total. The average molecular weight is 142 g/mol. The molecule has 0 spiro atoms. The predicted molar refractivity (Wildman–Crippen MR) is 40.4 cm³/mol. The zero-order valence-electron chi connectivity index (χ0n) is 4.97. The number of rotatable bonds is 2. The number of halogens is 1. The first-order valence-electron chi connectivity index (χ1n) is 2.78. The molecule has 0 bridgehead atoms. The molecule has 1 rings (SSSR count). The SMILES string of the molecule is FCPc1ccccc1. The molecule has 0 fully saturated rings. The maximum Gasteiger partial charge on any atom is 0.110 e. The summed E-state index contributed by atoms with van der Waals surface area (Å²) in [5.41, 5.74) is 0. The Morgan fingerprint density at radius 1 is 1.22 bits per heavy atom. The second kappa shape index (κ2) is 3.58. The molecular weight excluding hydrogens is 134 g/mol. The summed E-state index contributed by atoms with van der Waals surface area (Å²) < 4.78 is 11.7. The van der Waals surface area contributed by atoms with Gasteiger partial charge >= 0.3 is 0 Å². The van der Waals surface area contributed by atoms with Gasteiger partial charge in [-0.15, -0.1) is 0 Å². The van der Waals surface area contributed by atoms with Gasteiger partial charge in [0.15, 0.2) is 0 Å². The minimum atomic E-state index is -0.232. The third-order valence-corrected chi connectivity index (χ3v) is 1.92. The second-order valence-electron chi connectivity index (χ2n) is 1.68. The van der Waals surface area contributed by atoms with Gasteiger partial charge < -0.3 is 0 Å². The highest BCUT2D eigenvalue weighted by Gasteiger charge is 1.86. The highest BCUT2D eigenvalue weighted by molar-refractivity contribution is 7.46.